The zero-order valence-corrected chi connectivity index (χ0v) is 9.55. The SMILES string of the molecule is O=C(c1ccc(F)c(Cl)c1)C(Cl)(Cl)Cl. The molecule has 76 valence electrons. The smallest absolute Gasteiger partial charge is 0.253 e. The lowest BCUT2D eigenvalue weighted by molar-refractivity contribution is 0.0996. The van der Waals surface area contributed by atoms with Gasteiger partial charge in [0.1, 0.15) is 5.82 Å². The Morgan fingerprint density at radius 3 is 2.29 bits per heavy atom. The molecule has 0 amide bonds. The van der Waals surface area contributed by atoms with Crippen molar-refractivity contribution in [1.82, 2.24) is 0 Å². The van der Waals surface area contributed by atoms with Gasteiger partial charge >= 0.3 is 0 Å². The van der Waals surface area contributed by atoms with Crippen molar-refractivity contribution in [2.24, 2.45) is 0 Å². The van der Waals surface area contributed by atoms with Crippen LogP contribution in [0.15, 0.2) is 18.2 Å². The number of hydrogen-bond donors (Lipinski definition) is 0. The van der Waals surface area contributed by atoms with Gasteiger partial charge < -0.3 is 0 Å². The minimum Gasteiger partial charge on any atom is -0.289 e. The first-order chi connectivity index (χ1) is 6.32. The first-order valence-electron chi connectivity index (χ1n) is 3.39. The van der Waals surface area contributed by atoms with Crippen LogP contribution in [0.3, 0.4) is 0 Å². The van der Waals surface area contributed by atoms with E-state index in [1.54, 1.807) is 0 Å². The number of carbonyl (C=O) groups excluding carboxylic acids is 1. The third-order valence-electron chi connectivity index (χ3n) is 1.44. The summed E-state index contributed by atoms with van der Waals surface area (Å²) in [5.74, 6) is -1.38. The van der Waals surface area contributed by atoms with Gasteiger partial charge in [0.05, 0.1) is 5.02 Å². The lowest BCUT2D eigenvalue weighted by Gasteiger charge is -2.09. The van der Waals surface area contributed by atoms with E-state index in [9.17, 15) is 9.18 Å². The third-order valence-corrected chi connectivity index (χ3v) is 2.24. The molecule has 0 atom stereocenters. The molecule has 0 bridgehead atoms. The average molecular weight is 276 g/mol. The Bertz CT molecular complexity index is 372. The van der Waals surface area contributed by atoms with Crippen LogP contribution in [-0.2, 0) is 0 Å². The molecule has 0 saturated heterocycles. The molecule has 14 heavy (non-hydrogen) atoms. The highest BCUT2D eigenvalue weighted by molar-refractivity contribution is 6.77. The normalized spacial score (nSPS) is 11.5. The summed E-state index contributed by atoms with van der Waals surface area (Å²) < 4.78 is 10.7. The predicted octanol–water partition coefficient (Wildman–Crippen LogP) is 4.03. The summed E-state index contributed by atoms with van der Waals surface area (Å²) in [7, 11) is 0. The summed E-state index contributed by atoms with van der Waals surface area (Å²) in [6.07, 6.45) is 0. The topological polar surface area (TPSA) is 17.1 Å². The van der Waals surface area contributed by atoms with Crippen molar-refractivity contribution in [3.63, 3.8) is 0 Å². The zero-order chi connectivity index (χ0) is 10.9. The van der Waals surface area contributed by atoms with Gasteiger partial charge in [0, 0.05) is 5.56 Å². The fourth-order valence-electron chi connectivity index (χ4n) is 0.801. The first kappa shape index (κ1) is 12.1. The van der Waals surface area contributed by atoms with Crippen molar-refractivity contribution in [3.8, 4) is 0 Å². The molecule has 0 radical (unpaired) electrons. The van der Waals surface area contributed by atoms with Crippen LogP contribution in [0.2, 0.25) is 5.02 Å². The van der Waals surface area contributed by atoms with E-state index in [1.807, 2.05) is 0 Å². The highest BCUT2D eigenvalue weighted by Crippen LogP contribution is 2.31. The maximum absolute atomic E-state index is 12.7. The Labute approximate surface area is 99.7 Å². The van der Waals surface area contributed by atoms with Crippen molar-refractivity contribution in [1.29, 1.82) is 0 Å². The summed E-state index contributed by atoms with van der Waals surface area (Å²) in [6.45, 7) is 0. The summed E-state index contributed by atoms with van der Waals surface area (Å²) in [6, 6.07) is 3.35. The van der Waals surface area contributed by atoms with Crippen molar-refractivity contribution >= 4 is 52.2 Å². The lowest BCUT2D eigenvalue weighted by atomic mass is 10.1. The van der Waals surface area contributed by atoms with Crippen LogP contribution < -0.4 is 0 Å². The summed E-state index contributed by atoms with van der Waals surface area (Å²) in [5, 5.41) is -0.190. The number of carbonyl (C=O) groups is 1. The van der Waals surface area contributed by atoms with E-state index in [4.69, 9.17) is 46.4 Å². The second-order valence-electron chi connectivity index (χ2n) is 2.46. The number of benzene rings is 1. The number of rotatable bonds is 1. The molecule has 0 N–H and O–H groups in total. The molecule has 1 nitrogen and oxygen atoms in total. The molecular weight excluding hydrogens is 273 g/mol. The van der Waals surface area contributed by atoms with Crippen LogP contribution in [0.1, 0.15) is 10.4 Å². The minimum atomic E-state index is -2.05. The molecule has 0 fully saturated rings. The molecule has 0 aliphatic rings. The second kappa shape index (κ2) is 4.23. The van der Waals surface area contributed by atoms with E-state index in [-0.39, 0.29) is 10.6 Å². The average Bonchev–Trinajstić information content (AvgIpc) is 2.07. The molecule has 0 heterocycles. The Morgan fingerprint density at radius 1 is 1.29 bits per heavy atom. The molecule has 1 rings (SSSR count). The fraction of sp³-hybridized carbons (Fsp3) is 0.125. The van der Waals surface area contributed by atoms with Crippen molar-refractivity contribution in [3.05, 3.63) is 34.6 Å². The monoisotopic (exact) mass is 274 g/mol. The van der Waals surface area contributed by atoms with Crippen molar-refractivity contribution in [2.45, 2.75) is 3.79 Å². The van der Waals surface area contributed by atoms with Gasteiger partial charge in [-0.3, -0.25) is 4.79 Å². The summed E-state index contributed by atoms with van der Waals surface area (Å²) in [4.78, 5) is 11.4. The highest BCUT2D eigenvalue weighted by Gasteiger charge is 2.31. The Kier molecular flexibility index (Phi) is 3.64. The molecule has 0 saturated carbocycles. The molecule has 1 aromatic carbocycles. The van der Waals surface area contributed by atoms with Gasteiger partial charge in [-0.1, -0.05) is 46.4 Å². The predicted molar refractivity (Wildman–Crippen MR) is 56.0 cm³/mol. The molecule has 1 aromatic rings. The standard InChI is InChI=1S/C8H3Cl4FO/c9-5-3-4(1-2-6(5)13)7(14)8(10,11)12/h1-3H. The Hall–Kier alpha value is -0.0200. The van der Waals surface area contributed by atoms with Crippen LogP contribution in [-0.4, -0.2) is 9.58 Å². The van der Waals surface area contributed by atoms with Gasteiger partial charge in [0.2, 0.25) is 5.78 Å². The number of alkyl halides is 3. The molecule has 0 spiro atoms. The minimum absolute atomic E-state index is 0.0522. The molecule has 6 heteroatoms. The van der Waals surface area contributed by atoms with Crippen LogP contribution in [0.5, 0.6) is 0 Å². The second-order valence-corrected chi connectivity index (χ2v) is 5.14. The highest BCUT2D eigenvalue weighted by atomic mass is 35.6. The molecule has 0 aromatic heterocycles. The van der Waals surface area contributed by atoms with Crippen LogP contribution in [0.25, 0.3) is 0 Å². The Morgan fingerprint density at radius 2 is 1.86 bits per heavy atom. The van der Waals surface area contributed by atoms with Crippen LogP contribution in [0.4, 0.5) is 4.39 Å². The van der Waals surface area contributed by atoms with Crippen molar-refractivity contribution < 1.29 is 9.18 Å². The van der Waals surface area contributed by atoms with Crippen molar-refractivity contribution in [2.75, 3.05) is 0 Å². The van der Waals surface area contributed by atoms with E-state index >= 15 is 0 Å². The fourth-order valence-corrected chi connectivity index (χ4v) is 1.31. The van der Waals surface area contributed by atoms with Crippen LogP contribution >= 0.6 is 46.4 Å². The van der Waals surface area contributed by atoms with Gasteiger partial charge in [0.25, 0.3) is 3.79 Å². The molecule has 0 aliphatic heterocycles. The summed E-state index contributed by atoms with van der Waals surface area (Å²) >= 11 is 21.5. The quantitative estimate of drug-likeness (QED) is 0.559. The maximum atomic E-state index is 12.7. The largest absolute Gasteiger partial charge is 0.289 e. The third kappa shape index (κ3) is 2.74. The van der Waals surface area contributed by atoms with E-state index in [0.717, 1.165) is 12.1 Å². The van der Waals surface area contributed by atoms with E-state index in [0.29, 0.717) is 0 Å². The van der Waals surface area contributed by atoms with E-state index < -0.39 is 15.4 Å². The van der Waals surface area contributed by atoms with Gasteiger partial charge in [-0.15, -0.1) is 0 Å². The van der Waals surface area contributed by atoms with Crippen LogP contribution in [0, 0.1) is 5.82 Å². The maximum Gasteiger partial charge on any atom is 0.253 e. The Balaban J connectivity index is 3.10. The number of ketones is 1. The number of Topliss-reactive ketones (excluding diaryl/α,β-unsaturated/α-hetero) is 1. The van der Waals surface area contributed by atoms with Gasteiger partial charge in [-0.25, -0.2) is 4.39 Å². The summed E-state index contributed by atoms with van der Waals surface area (Å²) in [5.41, 5.74) is 0.0522. The molecule has 0 aliphatic carbocycles. The van der Waals surface area contributed by atoms with E-state index in [2.05, 4.69) is 0 Å². The molecule has 0 unspecified atom stereocenters. The van der Waals surface area contributed by atoms with Gasteiger partial charge in [-0.05, 0) is 18.2 Å². The van der Waals surface area contributed by atoms with E-state index in [1.165, 1.54) is 6.07 Å². The number of hydrogen-bond acceptors (Lipinski definition) is 1. The lowest BCUT2D eigenvalue weighted by Crippen LogP contribution is -2.18. The van der Waals surface area contributed by atoms with Gasteiger partial charge in [-0.2, -0.15) is 0 Å². The van der Waals surface area contributed by atoms with Gasteiger partial charge in [0.15, 0.2) is 0 Å². The number of halogens is 5. The first-order valence-corrected chi connectivity index (χ1v) is 4.90. The zero-order valence-electron chi connectivity index (χ0n) is 6.53. The molecular formula is C8H3Cl4FO.